The number of carboxylic acids is 1. The summed E-state index contributed by atoms with van der Waals surface area (Å²) in [4.78, 5) is 30.8. The Balaban J connectivity index is 1.10. The number of carboxylic acid groups (broad SMARTS) is 1. The minimum Gasteiger partial charge on any atom is -0.493 e. The molecule has 0 bridgehead atoms. The number of hydrogen-bond acceptors (Lipinski definition) is 5. The number of nitrogens with one attached hydrogen (secondary N) is 1. The summed E-state index contributed by atoms with van der Waals surface area (Å²) in [5.74, 6) is -2.77. The summed E-state index contributed by atoms with van der Waals surface area (Å²) >= 11 is 0. The Hall–Kier alpha value is -5.82. The van der Waals surface area contributed by atoms with Crippen LogP contribution >= 0.6 is 0 Å². The zero-order chi connectivity index (χ0) is 36.3. The third-order valence-electron chi connectivity index (χ3n) is 8.14. The second-order valence-corrected chi connectivity index (χ2v) is 11.6. The third-order valence-corrected chi connectivity index (χ3v) is 8.14. The summed E-state index contributed by atoms with van der Waals surface area (Å²) < 4.78 is 85.6. The smallest absolute Gasteiger partial charge is 0.416 e. The van der Waals surface area contributed by atoms with Gasteiger partial charge in [0.05, 0.1) is 41.3 Å². The number of hydrogen-bond donors (Lipinski definition) is 2. The number of amides is 1. The molecule has 2 N–H and O–H groups in total. The Morgan fingerprint density at radius 1 is 0.725 bits per heavy atom. The van der Waals surface area contributed by atoms with Crippen molar-refractivity contribution in [3.8, 4) is 16.9 Å². The molecular weight excluding hydrogens is 678 g/mol. The van der Waals surface area contributed by atoms with Gasteiger partial charge in [0.1, 0.15) is 11.8 Å². The van der Waals surface area contributed by atoms with E-state index < -0.39 is 46.5 Å². The zero-order valence-corrected chi connectivity index (χ0v) is 26.5. The van der Waals surface area contributed by atoms with Crippen LogP contribution in [0.2, 0.25) is 0 Å². The molecule has 1 amide bonds. The first kappa shape index (κ1) is 35.0. The maximum absolute atomic E-state index is 13.3. The Labute approximate surface area is 287 Å². The van der Waals surface area contributed by atoms with Gasteiger partial charge in [0, 0.05) is 23.6 Å². The minimum atomic E-state index is -5.17. The maximum Gasteiger partial charge on any atom is 0.416 e. The second-order valence-electron chi connectivity index (χ2n) is 11.6. The van der Waals surface area contributed by atoms with Crippen molar-refractivity contribution in [2.75, 3.05) is 23.6 Å². The highest BCUT2D eigenvalue weighted by molar-refractivity contribution is 6.08. The number of nitrogens with zero attached hydrogens (tertiary/aromatic N) is 1. The number of rotatable bonds is 11. The summed E-state index contributed by atoms with van der Waals surface area (Å²) in [7, 11) is 0. The Morgan fingerprint density at radius 3 is 2.00 bits per heavy atom. The first-order chi connectivity index (χ1) is 24.3. The minimum absolute atomic E-state index is 0.0916. The Kier molecular flexibility index (Phi) is 9.75. The van der Waals surface area contributed by atoms with Crippen molar-refractivity contribution in [2.45, 2.75) is 24.8 Å². The largest absolute Gasteiger partial charge is 0.493 e. The predicted molar refractivity (Wildman–Crippen MR) is 177 cm³/mol. The molecule has 6 rings (SSSR count). The first-order valence-corrected chi connectivity index (χ1v) is 15.6. The number of para-hydroxylation sites is 1. The van der Waals surface area contributed by atoms with Crippen LogP contribution in [0.3, 0.4) is 0 Å². The molecule has 0 spiro atoms. The van der Waals surface area contributed by atoms with E-state index in [1.165, 1.54) is 6.07 Å². The van der Waals surface area contributed by atoms with E-state index in [4.69, 9.17) is 9.57 Å². The van der Waals surface area contributed by atoms with Crippen LogP contribution in [-0.4, -0.2) is 30.2 Å². The lowest BCUT2D eigenvalue weighted by molar-refractivity contribution is -0.143. The average molecular weight is 707 g/mol. The van der Waals surface area contributed by atoms with Crippen molar-refractivity contribution in [1.82, 2.24) is 0 Å². The molecule has 0 fully saturated rings. The summed E-state index contributed by atoms with van der Waals surface area (Å²) in [6, 6.07) is 29.9. The summed E-state index contributed by atoms with van der Waals surface area (Å²) in [5, 5.41) is 13.5. The Bertz CT molecular complexity index is 2020. The van der Waals surface area contributed by atoms with E-state index in [9.17, 15) is 41.0 Å². The van der Waals surface area contributed by atoms with Gasteiger partial charge >= 0.3 is 18.3 Å². The number of ether oxygens (including phenoxy) is 1. The highest BCUT2D eigenvalue weighted by Gasteiger charge is 2.38. The van der Waals surface area contributed by atoms with E-state index >= 15 is 0 Å². The SMILES string of the molecule is O=C(Nc1cc(OCCCON2c3ccccc3C2c2ccc(-c3ccccc3)cc2)ccc1C(=O)O)c1cc(C(F)(F)F)cc(C(F)(F)F)c1. The number of hydroxylamine groups is 1. The molecule has 0 saturated carbocycles. The number of aromatic carboxylic acids is 1. The monoisotopic (exact) mass is 706 g/mol. The van der Waals surface area contributed by atoms with E-state index in [1.807, 2.05) is 59.7 Å². The van der Waals surface area contributed by atoms with Gasteiger partial charge in [0.15, 0.2) is 0 Å². The molecule has 51 heavy (non-hydrogen) atoms. The highest BCUT2D eigenvalue weighted by atomic mass is 19.4. The van der Waals surface area contributed by atoms with E-state index in [2.05, 4.69) is 29.6 Å². The van der Waals surface area contributed by atoms with Gasteiger partial charge in [-0.3, -0.25) is 9.63 Å². The van der Waals surface area contributed by atoms with Gasteiger partial charge in [-0.05, 0) is 53.1 Å². The van der Waals surface area contributed by atoms with Crippen LogP contribution < -0.4 is 15.1 Å². The molecule has 1 aliphatic rings. The molecule has 1 heterocycles. The molecule has 1 unspecified atom stereocenters. The molecule has 7 nitrogen and oxygen atoms in total. The van der Waals surface area contributed by atoms with Gasteiger partial charge < -0.3 is 15.2 Å². The first-order valence-electron chi connectivity index (χ1n) is 15.6. The van der Waals surface area contributed by atoms with Crippen molar-refractivity contribution < 1.29 is 50.6 Å². The van der Waals surface area contributed by atoms with Crippen LogP contribution in [0.25, 0.3) is 11.1 Å². The van der Waals surface area contributed by atoms with Gasteiger partial charge in [-0.15, -0.1) is 0 Å². The van der Waals surface area contributed by atoms with Crippen LogP contribution in [0, 0.1) is 0 Å². The summed E-state index contributed by atoms with van der Waals surface area (Å²) in [6.45, 7) is 0.328. The molecule has 5 aromatic rings. The maximum atomic E-state index is 13.3. The molecule has 0 aromatic heterocycles. The molecule has 5 aromatic carbocycles. The van der Waals surface area contributed by atoms with Gasteiger partial charge in [-0.25, -0.2) is 9.86 Å². The molecule has 1 atom stereocenters. The van der Waals surface area contributed by atoms with Crippen LogP contribution in [0.15, 0.2) is 115 Å². The average Bonchev–Trinajstić information content (AvgIpc) is 3.09. The molecule has 1 aliphatic heterocycles. The van der Waals surface area contributed by atoms with Gasteiger partial charge in [0.2, 0.25) is 0 Å². The topological polar surface area (TPSA) is 88.1 Å². The van der Waals surface area contributed by atoms with Crippen LogP contribution in [0.4, 0.5) is 37.7 Å². The fourth-order valence-electron chi connectivity index (χ4n) is 5.66. The number of carbonyl (C=O) groups is 2. The van der Waals surface area contributed by atoms with Crippen molar-refractivity contribution >= 4 is 23.3 Å². The lowest BCUT2D eigenvalue weighted by Crippen LogP contribution is -2.39. The fraction of sp³-hybridized carbons (Fsp3) is 0.158. The Morgan fingerprint density at radius 2 is 1.35 bits per heavy atom. The van der Waals surface area contributed by atoms with Crippen molar-refractivity contribution in [3.63, 3.8) is 0 Å². The zero-order valence-electron chi connectivity index (χ0n) is 26.5. The van der Waals surface area contributed by atoms with E-state index in [-0.39, 0.29) is 48.9 Å². The van der Waals surface area contributed by atoms with Crippen molar-refractivity contribution in [1.29, 1.82) is 0 Å². The molecule has 0 saturated heterocycles. The van der Waals surface area contributed by atoms with Crippen molar-refractivity contribution in [3.05, 3.63) is 149 Å². The lowest BCUT2D eigenvalue weighted by Gasteiger charge is -2.43. The molecule has 0 aliphatic carbocycles. The number of fused-ring (bicyclic) bond motifs is 1. The quantitative estimate of drug-likeness (QED) is 0.105. The second kappa shape index (κ2) is 14.2. The standard InChI is InChI=1S/C38H28F6N2O5/c39-37(40,41)27-19-26(20-28(21-27)38(42,43)44)35(47)45-32-22-29(15-16-30(32)36(48)49)50-17-6-18-51-46-33-10-5-4-9-31(33)34(46)25-13-11-24(12-14-25)23-7-2-1-3-8-23/h1-5,7-16,19-22,34H,6,17-18H2,(H,45,47)(H,48,49). The van der Waals surface area contributed by atoms with E-state index in [0.29, 0.717) is 6.42 Å². The number of anilines is 2. The molecule has 262 valence electrons. The van der Waals surface area contributed by atoms with Crippen LogP contribution in [0.5, 0.6) is 5.75 Å². The predicted octanol–water partition coefficient (Wildman–Crippen LogP) is 9.65. The molecule has 0 radical (unpaired) electrons. The highest BCUT2D eigenvalue weighted by Crippen LogP contribution is 2.47. The van der Waals surface area contributed by atoms with Gasteiger partial charge in [-0.1, -0.05) is 72.8 Å². The number of benzene rings is 5. The lowest BCUT2D eigenvalue weighted by atomic mass is 9.89. The number of alkyl halides is 6. The van der Waals surface area contributed by atoms with E-state index in [0.717, 1.165) is 40.1 Å². The number of halogens is 6. The summed E-state index contributed by atoms with van der Waals surface area (Å²) in [5.41, 5.74) is 0.0793. The molecular formula is C38H28F6N2O5. The molecule has 13 heteroatoms. The van der Waals surface area contributed by atoms with Crippen LogP contribution in [0.1, 0.15) is 55.4 Å². The number of carbonyl (C=O) groups excluding carboxylic acids is 1. The van der Waals surface area contributed by atoms with Crippen molar-refractivity contribution in [2.24, 2.45) is 0 Å². The fourth-order valence-corrected chi connectivity index (χ4v) is 5.66. The van der Waals surface area contributed by atoms with Gasteiger partial charge in [0.25, 0.3) is 5.91 Å². The normalized spacial score (nSPS) is 14.0. The third kappa shape index (κ3) is 7.83. The van der Waals surface area contributed by atoms with Crippen LogP contribution in [-0.2, 0) is 17.2 Å². The summed E-state index contributed by atoms with van der Waals surface area (Å²) in [6.07, 6.45) is -9.96. The van der Waals surface area contributed by atoms with Gasteiger partial charge in [-0.2, -0.15) is 26.3 Å². The van der Waals surface area contributed by atoms with E-state index in [1.54, 1.807) is 0 Å².